The number of nitrogens with one attached hydrogen (secondary N) is 1. The molecule has 0 unspecified atom stereocenters. The largest absolute Gasteiger partial charge is 0.326 e. The second-order valence-corrected chi connectivity index (χ2v) is 6.60. The first-order valence-corrected chi connectivity index (χ1v) is 7.89. The van der Waals surface area contributed by atoms with Crippen molar-refractivity contribution < 1.29 is 8.42 Å². The smallest absolute Gasteiger partial charge is 0.240 e. The number of sulfonamides is 1. The van der Waals surface area contributed by atoms with E-state index in [9.17, 15) is 8.42 Å². The van der Waals surface area contributed by atoms with Crippen molar-refractivity contribution in [1.29, 1.82) is 0 Å². The summed E-state index contributed by atoms with van der Waals surface area (Å²) >= 11 is 0. The summed E-state index contributed by atoms with van der Waals surface area (Å²) in [6.07, 6.45) is 4.71. The maximum Gasteiger partial charge on any atom is 0.240 e. The van der Waals surface area contributed by atoms with Crippen LogP contribution in [-0.4, -0.2) is 15.0 Å². The molecule has 1 aliphatic carbocycles. The van der Waals surface area contributed by atoms with Crippen LogP contribution in [0.25, 0.3) is 0 Å². The molecule has 4 nitrogen and oxygen atoms in total. The Balaban J connectivity index is 1.95. The Labute approximate surface area is 109 Å². The zero-order valence-corrected chi connectivity index (χ0v) is 11.2. The van der Waals surface area contributed by atoms with Crippen LogP contribution in [0.15, 0.2) is 29.2 Å². The lowest BCUT2D eigenvalue weighted by molar-refractivity contribution is 0.297. The van der Waals surface area contributed by atoms with Crippen LogP contribution in [0.3, 0.4) is 0 Å². The summed E-state index contributed by atoms with van der Waals surface area (Å²) in [5.41, 5.74) is 6.34. The van der Waals surface area contributed by atoms with Gasteiger partial charge in [-0.2, -0.15) is 0 Å². The van der Waals surface area contributed by atoms with E-state index in [1.54, 1.807) is 18.2 Å². The van der Waals surface area contributed by atoms with Crippen LogP contribution in [0.2, 0.25) is 0 Å². The van der Waals surface area contributed by atoms with Crippen LogP contribution in [0.5, 0.6) is 0 Å². The predicted molar refractivity (Wildman–Crippen MR) is 71.5 cm³/mol. The first kappa shape index (κ1) is 13.5. The van der Waals surface area contributed by atoms with Crippen molar-refractivity contribution in [2.24, 2.45) is 11.7 Å². The Morgan fingerprint density at radius 2 is 2.11 bits per heavy atom. The number of benzene rings is 1. The topological polar surface area (TPSA) is 72.2 Å². The van der Waals surface area contributed by atoms with E-state index >= 15 is 0 Å². The second-order valence-electron chi connectivity index (χ2n) is 4.83. The Kier molecular flexibility index (Phi) is 4.37. The molecule has 0 bridgehead atoms. The van der Waals surface area contributed by atoms with Gasteiger partial charge in [0.15, 0.2) is 0 Å². The van der Waals surface area contributed by atoms with Crippen molar-refractivity contribution in [3.8, 4) is 0 Å². The van der Waals surface area contributed by atoms with Crippen molar-refractivity contribution in [1.82, 2.24) is 4.72 Å². The van der Waals surface area contributed by atoms with Crippen LogP contribution < -0.4 is 10.5 Å². The lowest BCUT2D eigenvalue weighted by Crippen LogP contribution is -2.27. The van der Waals surface area contributed by atoms with Gasteiger partial charge in [0.05, 0.1) is 4.90 Å². The van der Waals surface area contributed by atoms with Crippen LogP contribution >= 0.6 is 0 Å². The van der Waals surface area contributed by atoms with Gasteiger partial charge >= 0.3 is 0 Å². The molecular weight excluding hydrogens is 248 g/mol. The van der Waals surface area contributed by atoms with E-state index < -0.39 is 10.0 Å². The zero-order chi connectivity index (χ0) is 13.0. The molecule has 100 valence electrons. The maximum absolute atomic E-state index is 12.0. The molecule has 0 aliphatic heterocycles. The highest BCUT2D eigenvalue weighted by molar-refractivity contribution is 7.89. The standard InChI is InChI=1S/C13H20N2O2S/c14-10-12-5-2-6-13(9-12)18(16,17)15-8-7-11-3-1-4-11/h2,5-6,9,11,15H,1,3-4,7-8,10,14H2. The molecule has 0 amide bonds. The summed E-state index contributed by atoms with van der Waals surface area (Å²) in [6, 6.07) is 6.78. The van der Waals surface area contributed by atoms with Crippen molar-refractivity contribution in [3.05, 3.63) is 29.8 Å². The van der Waals surface area contributed by atoms with E-state index in [0.29, 0.717) is 23.9 Å². The molecule has 1 fully saturated rings. The average Bonchev–Trinajstić information content (AvgIpc) is 2.32. The molecular formula is C13H20N2O2S. The van der Waals surface area contributed by atoms with Crippen molar-refractivity contribution in [2.45, 2.75) is 37.1 Å². The number of hydrogen-bond donors (Lipinski definition) is 2. The van der Waals surface area contributed by atoms with E-state index in [0.717, 1.165) is 12.0 Å². The fourth-order valence-corrected chi connectivity index (χ4v) is 3.22. The van der Waals surface area contributed by atoms with Crippen LogP contribution in [0.1, 0.15) is 31.2 Å². The minimum absolute atomic E-state index is 0.305. The normalized spacial score (nSPS) is 16.5. The monoisotopic (exact) mass is 268 g/mol. The van der Waals surface area contributed by atoms with Gasteiger partial charge in [-0.25, -0.2) is 13.1 Å². The first-order chi connectivity index (χ1) is 8.62. The molecule has 1 aliphatic rings. The first-order valence-electron chi connectivity index (χ1n) is 6.40. The van der Waals surface area contributed by atoms with Gasteiger partial charge < -0.3 is 5.73 Å². The molecule has 1 saturated carbocycles. The highest BCUT2D eigenvalue weighted by Gasteiger charge is 2.19. The van der Waals surface area contributed by atoms with Crippen molar-refractivity contribution in [3.63, 3.8) is 0 Å². The van der Waals surface area contributed by atoms with Crippen molar-refractivity contribution >= 4 is 10.0 Å². The third-order valence-corrected chi connectivity index (χ3v) is 4.97. The van der Waals surface area contributed by atoms with Gasteiger partial charge in [-0.05, 0) is 30.0 Å². The van der Waals surface area contributed by atoms with E-state index in [4.69, 9.17) is 5.73 Å². The van der Waals surface area contributed by atoms with E-state index in [-0.39, 0.29) is 0 Å². The third-order valence-electron chi connectivity index (χ3n) is 3.51. The molecule has 0 heterocycles. The van der Waals surface area contributed by atoms with Gasteiger partial charge in [0, 0.05) is 13.1 Å². The van der Waals surface area contributed by atoms with E-state index in [2.05, 4.69) is 4.72 Å². The fraction of sp³-hybridized carbons (Fsp3) is 0.538. The average molecular weight is 268 g/mol. The SMILES string of the molecule is NCc1cccc(S(=O)(=O)NCCC2CCC2)c1. The summed E-state index contributed by atoms with van der Waals surface area (Å²) in [7, 11) is -3.38. The summed E-state index contributed by atoms with van der Waals surface area (Å²) < 4.78 is 26.7. The number of hydrogen-bond acceptors (Lipinski definition) is 3. The Morgan fingerprint density at radius 3 is 2.72 bits per heavy atom. The summed E-state index contributed by atoms with van der Waals surface area (Å²) in [5.74, 6) is 0.711. The highest BCUT2D eigenvalue weighted by atomic mass is 32.2. The summed E-state index contributed by atoms with van der Waals surface area (Å²) in [6.45, 7) is 0.880. The minimum atomic E-state index is -3.38. The van der Waals surface area contributed by atoms with Crippen LogP contribution in [0.4, 0.5) is 0 Å². The van der Waals surface area contributed by atoms with E-state index in [1.165, 1.54) is 19.3 Å². The summed E-state index contributed by atoms with van der Waals surface area (Å²) in [4.78, 5) is 0.305. The maximum atomic E-state index is 12.0. The Morgan fingerprint density at radius 1 is 1.33 bits per heavy atom. The summed E-state index contributed by atoms with van der Waals surface area (Å²) in [5, 5.41) is 0. The van der Waals surface area contributed by atoms with Crippen LogP contribution in [-0.2, 0) is 16.6 Å². The molecule has 2 rings (SSSR count). The molecule has 0 radical (unpaired) electrons. The van der Waals surface area contributed by atoms with Crippen molar-refractivity contribution in [2.75, 3.05) is 6.54 Å². The van der Waals surface area contributed by atoms with Gasteiger partial charge in [-0.3, -0.25) is 0 Å². The van der Waals surface area contributed by atoms with Crippen LogP contribution in [0, 0.1) is 5.92 Å². The number of rotatable bonds is 6. The highest BCUT2D eigenvalue weighted by Crippen LogP contribution is 2.28. The molecule has 1 aromatic rings. The fourth-order valence-electron chi connectivity index (χ4n) is 2.10. The second kappa shape index (κ2) is 5.82. The Hall–Kier alpha value is -0.910. The number of nitrogens with two attached hydrogens (primary N) is 1. The van der Waals surface area contributed by atoms with Gasteiger partial charge in [0.2, 0.25) is 10.0 Å². The molecule has 5 heteroatoms. The van der Waals surface area contributed by atoms with Gasteiger partial charge in [0.1, 0.15) is 0 Å². The Bertz CT molecular complexity index is 495. The minimum Gasteiger partial charge on any atom is -0.326 e. The van der Waals surface area contributed by atoms with Gasteiger partial charge in [-0.15, -0.1) is 0 Å². The predicted octanol–water partition coefficient (Wildman–Crippen LogP) is 1.61. The van der Waals surface area contributed by atoms with Gasteiger partial charge in [-0.1, -0.05) is 31.4 Å². The molecule has 1 aromatic carbocycles. The molecule has 0 atom stereocenters. The third kappa shape index (κ3) is 3.31. The molecule has 3 N–H and O–H groups in total. The molecule has 0 saturated heterocycles. The molecule has 0 aromatic heterocycles. The molecule has 0 spiro atoms. The van der Waals surface area contributed by atoms with Gasteiger partial charge in [0.25, 0.3) is 0 Å². The lowest BCUT2D eigenvalue weighted by Gasteiger charge is -2.25. The quantitative estimate of drug-likeness (QED) is 0.823. The molecule has 18 heavy (non-hydrogen) atoms. The lowest BCUT2D eigenvalue weighted by atomic mass is 9.83. The van der Waals surface area contributed by atoms with E-state index in [1.807, 2.05) is 6.07 Å². The zero-order valence-electron chi connectivity index (χ0n) is 10.4.